The molecule has 0 N–H and O–H groups in total. The summed E-state index contributed by atoms with van der Waals surface area (Å²) in [7, 11) is 0. The van der Waals surface area contributed by atoms with Crippen molar-refractivity contribution in [2.75, 3.05) is 6.61 Å². The van der Waals surface area contributed by atoms with Gasteiger partial charge in [-0.05, 0) is 73.9 Å². The summed E-state index contributed by atoms with van der Waals surface area (Å²) in [6.07, 6.45) is 3.40. The maximum Gasteiger partial charge on any atom is 0.343 e. The average molecular weight is 391 g/mol. The third-order valence-corrected chi connectivity index (χ3v) is 4.06. The number of ketones is 2. The molecule has 6 nitrogen and oxygen atoms in total. The van der Waals surface area contributed by atoms with Gasteiger partial charge in [0.25, 0.3) is 0 Å². The third-order valence-electron chi connectivity index (χ3n) is 4.06. The summed E-state index contributed by atoms with van der Waals surface area (Å²) in [6, 6.07) is 14.9. The van der Waals surface area contributed by atoms with Crippen molar-refractivity contribution in [2.24, 2.45) is 0 Å². The summed E-state index contributed by atoms with van der Waals surface area (Å²) in [5.74, 6) is -0.469. The van der Waals surface area contributed by atoms with Gasteiger partial charge in [-0.2, -0.15) is 5.26 Å². The van der Waals surface area contributed by atoms with Crippen LogP contribution in [0.25, 0.3) is 0 Å². The van der Waals surface area contributed by atoms with Crippen LogP contribution in [0.2, 0.25) is 0 Å². The highest BCUT2D eigenvalue weighted by atomic mass is 16.5. The van der Waals surface area contributed by atoms with Gasteiger partial charge in [0.1, 0.15) is 11.5 Å². The van der Waals surface area contributed by atoms with E-state index in [9.17, 15) is 14.4 Å². The van der Waals surface area contributed by atoms with E-state index >= 15 is 0 Å². The summed E-state index contributed by atoms with van der Waals surface area (Å²) < 4.78 is 10.9. The van der Waals surface area contributed by atoms with Crippen molar-refractivity contribution in [3.05, 3.63) is 72.3 Å². The average Bonchev–Trinajstić information content (AvgIpc) is 2.76. The van der Waals surface area contributed by atoms with Crippen LogP contribution in [0.15, 0.2) is 61.2 Å². The quantitative estimate of drug-likeness (QED) is 0.189. The zero-order valence-electron chi connectivity index (χ0n) is 15.9. The Morgan fingerprint density at radius 2 is 1.59 bits per heavy atom. The van der Waals surface area contributed by atoms with E-state index in [2.05, 4.69) is 6.58 Å². The number of carbonyl (C=O) groups excluding carboxylic acids is 3. The monoisotopic (exact) mass is 391 g/mol. The van der Waals surface area contributed by atoms with Gasteiger partial charge >= 0.3 is 5.97 Å². The predicted molar refractivity (Wildman–Crippen MR) is 107 cm³/mol. The normalized spacial score (nSPS) is 9.90. The Kier molecular flexibility index (Phi) is 8.33. The molecule has 6 heteroatoms. The lowest BCUT2D eigenvalue weighted by molar-refractivity contribution is -0.133. The van der Waals surface area contributed by atoms with Gasteiger partial charge in [-0.3, -0.25) is 9.59 Å². The number of nitriles is 1. The van der Waals surface area contributed by atoms with Gasteiger partial charge in [-0.15, -0.1) is 0 Å². The van der Waals surface area contributed by atoms with E-state index in [-0.39, 0.29) is 6.42 Å². The zero-order valence-corrected chi connectivity index (χ0v) is 15.9. The summed E-state index contributed by atoms with van der Waals surface area (Å²) in [5, 5.41) is 8.77. The first-order chi connectivity index (χ1) is 14.0. The molecule has 29 heavy (non-hydrogen) atoms. The Bertz CT molecular complexity index is 908. The van der Waals surface area contributed by atoms with Crippen LogP contribution in [0.5, 0.6) is 11.5 Å². The second-order valence-corrected chi connectivity index (χ2v) is 6.20. The number of ether oxygens (including phenoxy) is 2. The van der Waals surface area contributed by atoms with Crippen molar-refractivity contribution in [1.29, 1.82) is 5.26 Å². The summed E-state index contributed by atoms with van der Waals surface area (Å²) >= 11 is 0. The van der Waals surface area contributed by atoms with Crippen molar-refractivity contribution in [3.63, 3.8) is 0 Å². The number of esters is 1. The van der Waals surface area contributed by atoms with Gasteiger partial charge in [0.15, 0.2) is 0 Å². The first-order valence-electron chi connectivity index (χ1n) is 9.18. The molecule has 0 saturated carbocycles. The first-order valence-corrected chi connectivity index (χ1v) is 9.18. The van der Waals surface area contributed by atoms with Crippen molar-refractivity contribution in [2.45, 2.75) is 25.7 Å². The lowest BCUT2D eigenvalue weighted by atomic mass is 10.1. The molecule has 2 aromatic rings. The Hall–Kier alpha value is -3.72. The van der Waals surface area contributed by atoms with Gasteiger partial charge in [0.2, 0.25) is 11.6 Å². The number of rotatable bonds is 11. The van der Waals surface area contributed by atoms with Crippen LogP contribution in [0, 0.1) is 11.3 Å². The van der Waals surface area contributed by atoms with E-state index in [1.807, 2.05) is 6.07 Å². The lowest BCUT2D eigenvalue weighted by Gasteiger charge is -2.07. The molecule has 2 aromatic carbocycles. The molecular weight excluding hydrogens is 370 g/mol. The summed E-state index contributed by atoms with van der Waals surface area (Å²) in [6.45, 7) is 3.76. The molecule has 0 heterocycles. The van der Waals surface area contributed by atoms with Crippen LogP contribution in [0.4, 0.5) is 0 Å². The molecule has 148 valence electrons. The number of unbranched alkanes of at least 4 members (excludes halogenated alkanes) is 2. The third kappa shape index (κ3) is 7.07. The lowest BCUT2D eigenvalue weighted by Crippen LogP contribution is -2.10. The van der Waals surface area contributed by atoms with Gasteiger partial charge in [-0.1, -0.05) is 6.58 Å². The number of allylic oxidation sites excluding steroid dienone is 1. The predicted octanol–water partition coefficient (Wildman–Crippen LogP) is 4.04. The number of carbonyl (C=O) groups is 3. The molecule has 0 saturated heterocycles. The van der Waals surface area contributed by atoms with E-state index in [1.165, 1.54) is 0 Å². The van der Waals surface area contributed by atoms with E-state index < -0.39 is 17.5 Å². The fourth-order valence-electron chi connectivity index (χ4n) is 2.44. The number of Topliss-reactive ketones (excluding diaryl/α,β-unsaturated/α-hetero) is 1. The summed E-state index contributed by atoms with van der Waals surface area (Å²) in [5.41, 5.74) is 0.871. The molecule has 0 bridgehead atoms. The smallest absolute Gasteiger partial charge is 0.343 e. The minimum Gasteiger partial charge on any atom is -0.494 e. The van der Waals surface area contributed by atoms with E-state index in [0.29, 0.717) is 35.7 Å². The highest BCUT2D eigenvalue weighted by molar-refractivity contribution is 6.41. The largest absolute Gasteiger partial charge is 0.494 e. The Labute approximate surface area is 169 Å². The second kappa shape index (κ2) is 11.2. The van der Waals surface area contributed by atoms with Gasteiger partial charge in [0.05, 0.1) is 23.8 Å². The maximum absolute atomic E-state index is 12.2. The number of hydrogen-bond acceptors (Lipinski definition) is 6. The molecule has 0 aliphatic carbocycles. The Balaban J connectivity index is 1.71. The molecule has 0 spiro atoms. The van der Waals surface area contributed by atoms with Crippen molar-refractivity contribution in [1.82, 2.24) is 0 Å². The van der Waals surface area contributed by atoms with Crippen LogP contribution in [-0.4, -0.2) is 24.1 Å². The van der Waals surface area contributed by atoms with Gasteiger partial charge in [-0.25, -0.2) is 4.79 Å². The minimum atomic E-state index is -0.543. The van der Waals surface area contributed by atoms with E-state index in [1.54, 1.807) is 48.5 Å². The van der Waals surface area contributed by atoms with Gasteiger partial charge in [0, 0.05) is 6.42 Å². The first kappa shape index (κ1) is 21.6. The maximum atomic E-state index is 12.2. The minimum absolute atomic E-state index is 0.223. The topological polar surface area (TPSA) is 93.5 Å². The standard InChI is InChI=1S/C23H21NO5/c1-2-21(25)22(26)6-4-3-5-15-28-19-13-9-18(10-14-19)23(27)29-20-11-7-17(16-24)8-12-20/h2,7-14H,1,3-6,15H2. The Morgan fingerprint density at radius 1 is 0.931 bits per heavy atom. The molecule has 0 aliphatic heterocycles. The SMILES string of the molecule is C=CC(=O)C(=O)CCCCCOc1ccc(C(=O)Oc2ccc(C#N)cc2)cc1. The van der Waals surface area contributed by atoms with Gasteiger partial charge < -0.3 is 9.47 Å². The van der Waals surface area contributed by atoms with Crippen LogP contribution in [0.3, 0.4) is 0 Å². The summed E-state index contributed by atoms with van der Waals surface area (Å²) in [4.78, 5) is 34.6. The van der Waals surface area contributed by atoms with Crippen molar-refractivity contribution >= 4 is 17.5 Å². The fourth-order valence-corrected chi connectivity index (χ4v) is 2.44. The number of hydrogen-bond donors (Lipinski definition) is 0. The van der Waals surface area contributed by atoms with E-state index in [4.69, 9.17) is 14.7 Å². The number of benzene rings is 2. The van der Waals surface area contributed by atoms with Crippen LogP contribution < -0.4 is 9.47 Å². The van der Waals surface area contributed by atoms with Crippen LogP contribution >= 0.6 is 0 Å². The molecule has 0 fully saturated rings. The molecule has 0 amide bonds. The zero-order chi connectivity index (χ0) is 21.1. The molecular formula is C23H21NO5. The molecule has 0 atom stereocenters. The van der Waals surface area contributed by atoms with Crippen LogP contribution in [-0.2, 0) is 9.59 Å². The second-order valence-electron chi connectivity index (χ2n) is 6.20. The molecule has 2 rings (SSSR count). The fraction of sp³-hybridized carbons (Fsp3) is 0.217. The van der Waals surface area contributed by atoms with E-state index in [0.717, 1.165) is 18.9 Å². The number of nitrogens with zero attached hydrogens (tertiary/aromatic N) is 1. The highest BCUT2D eigenvalue weighted by Crippen LogP contribution is 2.17. The Morgan fingerprint density at radius 3 is 2.21 bits per heavy atom. The van der Waals surface area contributed by atoms with Crippen molar-refractivity contribution < 1.29 is 23.9 Å². The molecule has 0 radical (unpaired) electrons. The van der Waals surface area contributed by atoms with Crippen LogP contribution in [0.1, 0.15) is 41.6 Å². The molecule has 0 unspecified atom stereocenters. The highest BCUT2D eigenvalue weighted by Gasteiger charge is 2.10. The molecule has 0 aromatic heterocycles. The molecule has 0 aliphatic rings. The van der Waals surface area contributed by atoms with Crippen molar-refractivity contribution in [3.8, 4) is 17.6 Å².